The van der Waals surface area contributed by atoms with Crippen molar-refractivity contribution in [2.45, 2.75) is 32.0 Å². The van der Waals surface area contributed by atoms with Crippen molar-refractivity contribution in [1.82, 2.24) is 14.9 Å². The topological polar surface area (TPSA) is 90.3 Å². The second-order valence-electron chi connectivity index (χ2n) is 8.09. The van der Waals surface area contributed by atoms with Crippen molar-refractivity contribution in [3.63, 3.8) is 0 Å². The number of ketones is 1. The molecule has 0 aliphatic rings. The van der Waals surface area contributed by atoms with Gasteiger partial charge in [0.2, 0.25) is 0 Å². The third-order valence-corrected chi connectivity index (χ3v) is 6.11. The Morgan fingerprint density at radius 3 is 2.58 bits per heavy atom. The summed E-state index contributed by atoms with van der Waals surface area (Å²) in [5, 5.41) is 3.75. The summed E-state index contributed by atoms with van der Waals surface area (Å²) in [5.74, 6) is 0.389. The van der Waals surface area contributed by atoms with E-state index in [4.69, 9.17) is 4.74 Å². The lowest BCUT2D eigenvalue weighted by Crippen LogP contribution is -2.27. The van der Waals surface area contributed by atoms with Gasteiger partial charge in [0.1, 0.15) is 0 Å². The molecule has 3 aromatic rings. The maximum absolute atomic E-state index is 13.2. The summed E-state index contributed by atoms with van der Waals surface area (Å²) in [7, 11) is 1.56. The number of nitrogens with one attached hydrogen (secondary N) is 1. The molecule has 0 saturated carbocycles. The molecule has 0 spiro atoms. The highest BCUT2D eigenvalue weighted by molar-refractivity contribution is 7.99. The van der Waals surface area contributed by atoms with Gasteiger partial charge in [-0.1, -0.05) is 55.9 Å². The van der Waals surface area contributed by atoms with Crippen LogP contribution in [0.5, 0.6) is 0 Å². The van der Waals surface area contributed by atoms with E-state index in [-0.39, 0.29) is 23.0 Å². The van der Waals surface area contributed by atoms with Gasteiger partial charge in [-0.15, -0.1) is 0 Å². The Labute approximate surface area is 197 Å². The molecule has 0 atom stereocenters. The van der Waals surface area contributed by atoms with Gasteiger partial charge in [-0.05, 0) is 30.5 Å². The summed E-state index contributed by atoms with van der Waals surface area (Å²) >= 11 is 1.21. The van der Waals surface area contributed by atoms with E-state index in [0.717, 1.165) is 6.42 Å². The zero-order valence-corrected chi connectivity index (χ0v) is 20.0. The number of aromatic nitrogens is 2. The molecule has 0 unspecified atom stereocenters. The van der Waals surface area contributed by atoms with Crippen molar-refractivity contribution in [2.24, 2.45) is 5.92 Å². The van der Waals surface area contributed by atoms with Gasteiger partial charge in [-0.2, -0.15) is 0 Å². The zero-order chi connectivity index (χ0) is 23.8. The molecule has 174 valence electrons. The summed E-state index contributed by atoms with van der Waals surface area (Å²) in [4.78, 5) is 42.9. The van der Waals surface area contributed by atoms with Crippen molar-refractivity contribution in [3.05, 3.63) is 70.0 Å². The number of rotatable bonds is 11. The number of amides is 1. The molecule has 0 bridgehead atoms. The van der Waals surface area contributed by atoms with Crippen LogP contribution in [-0.4, -0.2) is 47.3 Å². The predicted molar refractivity (Wildman–Crippen MR) is 131 cm³/mol. The highest BCUT2D eigenvalue weighted by atomic mass is 32.2. The van der Waals surface area contributed by atoms with Crippen LogP contribution in [0.1, 0.15) is 41.0 Å². The lowest BCUT2D eigenvalue weighted by atomic mass is 10.1. The number of carbonyl (C=O) groups excluding carboxylic acids is 2. The normalized spacial score (nSPS) is 11.2. The number of hydrogen-bond donors (Lipinski definition) is 1. The number of nitrogens with zero attached hydrogens (tertiary/aromatic N) is 2. The van der Waals surface area contributed by atoms with Crippen LogP contribution in [0.3, 0.4) is 0 Å². The Hall–Kier alpha value is -2.97. The number of fused-ring (bicyclic) bond motifs is 1. The second kappa shape index (κ2) is 11.8. The Morgan fingerprint density at radius 2 is 1.88 bits per heavy atom. The number of Topliss-reactive ketones (excluding diaryl/α,β-unsaturated/α-hetero) is 1. The van der Waals surface area contributed by atoms with Crippen molar-refractivity contribution in [3.8, 4) is 0 Å². The molecule has 1 aromatic heterocycles. The third-order valence-electron chi connectivity index (χ3n) is 5.14. The van der Waals surface area contributed by atoms with Gasteiger partial charge in [-0.3, -0.25) is 19.0 Å². The number of carbonyl (C=O) groups is 2. The Kier molecular flexibility index (Phi) is 8.79. The summed E-state index contributed by atoms with van der Waals surface area (Å²) in [6, 6.07) is 13.9. The van der Waals surface area contributed by atoms with Crippen LogP contribution in [0.4, 0.5) is 0 Å². The largest absolute Gasteiger partial charge is 0.383 e. The molecule has 0 aliphatic carbocycles. The fourth-order valence-corrected chi connectivity index (χ4v) is 4.17. The second-order valence-corrected chi connectivity index (χ2v) is 9.03. The van der Waals surface area contributed by atoms with Gasteiger partial charge in [-0.25, -0.2) is 4.98 Å². The molecule has 0 radical (unpaired) electrons. The van der Waals surface area contributed by atoms with Crippen LogP contribution < -0.4 is 10.9 Å². The maximum atomic E-state index is 13.2. The first-order chi connectivity index (χ1) is 15.9. The van der Waals surface area contributed by atoms with E-state index in [1.807, 2.05) is 18.2 Å². The number of benzene rings is 2. The van der Waals surface area contributed by atoms with Crippen molar-refractivity contribution in [2.75, 3.05) is 26.0 Å². The first kappa shape index (κ1) is 24.7. The Morgan fingerprint density at radius 1 is 1.12 bits per heavy atom. The van der Waals surface area contributed by atoms with E-state index >= 15 is 0 Å². The van der Waals surface area contributed by atoms with Crippen LogP contribution >= 0.6 is 11.8 Å². The third kappa shape index (κ3) is 6.52. The SMILES string of the molecule is COCCn1c(SCC(=O)c2ccccc2)nc2cc(C(=O)NCCC(C)C)ccc2c1=O. The molecule has 1 amide bonds. The van der Waals surface area contributed by atoms with Crippen LogP contribution in [0.15, 0.2) is 58.5 Å². The Balaban J connectivity index is 1.89. The average molecular weight is 468 g/mol. The molecule has 0 aliphatic heterocycles. The molecule has 1 N–H and O–H groups in total. The summed E-state index contributed by atoms with van der Waals surface area (Å²) in [6.07, 6.45) is 0.887. The lowest BCUT2D eigenvalue weighted by molar-refractivity contribution is 0.0951. The predicted octanol–water partition coefficient (Wildman–Crippen LogP) is 3.79. The van der Waals surface area contributed by atoms with E-state index in [1.165, 1.54) is 16.3 Å². The van der Waals surface area contributed by atoms with E-state index in [1.54, 1.807) is 37.4 Å². The van der Waals surface area contributed by atoms with Crippen LogP contribution in [0.2, 0.25) is 0 Å². The molecule has 2 aromatic carbocycles. The fourth-order valence-electron chi connectivity index (χ4n) is 3.25. The van der Waals surface area contributed by atoms with Gasteiger partial charge < -0.3 is 10.1 Å². The highest BCUT2D eigenvalue weighted by Crippen LogP contribution is 2.20. The van der Waals surface area contributed by atoms with Crippen molar-refractivity contribution < 1.29 is 14.3 Å². The first-order valence-electron chi connectivity index (χ1n) is 10.9. The molecule has 8 heteroatoms. The summed E-state index contributed by atoms with van der Waals surface area (Å²) in [5.41, 5.74) is 1.26. The fraction of sp³-hybridized carbons (Fsp3) is 0.360. The molecule has 0 fully saturated rings. The molecule has 0 saturated heterocycles. The number of methoxy groups -OCH3 is 1. The molecule has 3 rings (SSSR count). The minimum Gasteiger partial charge on any atom is -0.383 e. The first-order valence-corrected chi connectivity index (χ1v) is 11.9. The van der Waals surface area contributed by atoms with E-state index in [9.17, 15) is 14.4 Å². The lowest BCUT2D eigenvalue weighted by Gasteiger charge is -2.13. The van der Waals surface area contributed by atoms with Crippen LogP contribution in [0.25, 0.3) is 10.9 Å². The zero-order valence-electron chi connectivity index (χ0n) is 19.2. The van der Waals surface area contributed by atoms with Gasteiger partial charge in [0, 0.05) is 24.8 Å². The monoisotopic (exact) mass is 467 g/mol. The maximum Gasteiger partial charge on any atom is 0.262 e. The molecule has 33 heavy (non-hydrogen) atoms. The molecule has 7 nitrogen and oxygen atoms in total. The minimum atomic E-state index is -0.224. The summed E-state index contributed by atoms with van der Waals surface area (Å²) < 4.78 is 6.68. The summed E-state index contributed by atoms with van der Waals surface area (Å²) in [6.45, 7) is 5.44. The minimum absolute atomic E-state index is 0.0495. The van der Waals surface area contributed by atoms with Crippen LogP contribution in [0, 0.1) is 5.92 Å². The van der Waals surface area contributed by atoms with E-state index in [2.05, 4.69) is 24.1 Å². The smallest absolute Gasteiger partial charge is 0.262 e. The van der Waals surface area contributed by atoms with Crippen molar-refractivity contribution in [1.29, 1.82) is 0 Å². The van der Waals surface area contributed by atoms with Gasteiger partial charge in [0.15, 0.2) is 10.9 Å². The van der Waals surface area contributed by atoms with Gasteiger partial charge >= 0.3 is 0 Å². The number of hydrogen-bond acceptors (Lipinski definition) is 6. The van der Waals surface area contributed by atoms with E-state index < -0.39 is 0 Å². The Bertz CT molecular complexity index is 1180. The quantitative estimate of drug-likeness (QED) is 0.262. The molecule has 1 heterocycles. The highest BCUT2D eigenvalue weighted by Gasteiger charge is 2.16. The molecular weight excluding hydrogens is 438 g/mol. The van der Waals surface area contributed by atoms with Crippen LogP contribution in [-0.2, 0) is 11.3 Å². The standard InChI is InChI=1S/C25H29N3O4S/c1-17(2)11-12-26-23(30)19-9-10-20-21(15-19)27-25(28(24(20)31)13-14-32-3)33-16-22(29)18-7-5-4-6-8-18/h4-10,15,17H,11-14,16H2,1-3H3,(H,26,30). The average Bonchev–Trinajstić information content (AvgIpc) is 2.82. The van der Waals surface area contributed by atoms with Gasteiger partial charge in [0.05, 0.1) is 29.8 Å². The van der Waals surface area contributed by atoms with E-state index in [0.29, 0.717) is 52.8 Å². The number of thioether (sulfide) groups is 1. The van der Waals surface area contributed by atoms with Crippen molar-refractivity contribution >= 4 is 34.4 Å². The molecular formula is C25H29N3O4S. The number of ether oxygens (including phenoxy) is 1. The van der Waals surface area contributed by atoms with Gasteiger partial charge in [0.25, 0.3) is 11.5 Å².